The molecule has 84 valence electrons. The first kappa shape index (κ1) is 11.2. The fourth-order valence-electron chi connectivity index (χ4n) is 1.58. The van der Waals surface area contributed by atoms with E-state index in [9.17, 15) is 0 Å². The van der Waals surface area contributed by atoms with Crippen LogP contribution in [0.15, 0.2) is 54.3 Å². The summed E-state index contributed by atoms with van der Waals surface area (Å²) in [7, 11) is 2.05. The van der Waals surface area contributed by atoms with Gasteiger partial charge in [-0.15, -0.1) is 0 Å². The van der Waals surface area contributed by atoms with Crippen LogP contribution in [0.2, 0.25) is 0 Å². The Kier molecular flexibility index (Phi) is 3.42. The summed E-state index contributed by atoms with van der Waals surface area (Å²) in [5, 5.41) is 8.70. The van der Waals surface area contributed by atoms with Crippen LogP contribution in [0.1, 0.15) is 11.1 Å². The van der Waals surface area contributed by atoms with Gasteiger partial charge in [-0.2, -0.15) is 5.26 Å². The Morgan fingerprint density at radius 3 is 2.59 bits per heavy atom. The van der Waals surface area contributed by atoms with Crippen molar-refractivity contribution in [1.82, 2.24) is 4.90 Å². The SMILES string of the molecule is CN1C=CC(C=Cc2ccc(C#N)cc2)=CC1. The molecule has 1 heterocycles. The third-order valence-electron chi connectivity index (χ3n) is 2.64. The van der Waals surface area contributed by atoms with Crippen LogP contribution in [0.4, 0.5) is 0 Å². The lowest BCUT2D eigenvalue weighted by atomic mass is 10.1. The fourth-order valence-corrected chi connectivity index (χ4v) is 1.58. The molecule has 0 aromatic heterocycles. The van der Waals surface area contributed by atoms with E-state index in [1.54, 1.807) is 0 Å². The van der Waals surface area contributed by atoms with Crippen LogP contribution >= 0.6 is 0 Å². The molecule has 1 aromatic carbocycles. The maximum atomic E-state index is 8.70. The number of nitrogens with zero attached hydrogens (tertiary/aromatic N) is 2. The number of hydrogen-bond acceptors (Lipinski definition) is 2. The molecule has 1 aromatic rings. The van der Waals surface area contributed by atoms with Gasteiger partial charge in [0.05, 0.1) is 11.6 Å². The molecular weight excluding hydrogens is 208 g/mol. The third kappa shape index (κ3) is 3.09. The molecular formula is C15H14N2. The molecule has 0 N–H and O–H groups in total. The second kappa shape index (κ2) is 5.18. The van der Waals surface area contributed by atoms with Crippen molar-refractivity contribution in [1.29, 1.82) is 5.26 Å². The minimum absolute atomic E-state index is 0.695. The van der Waals surface area contributed by atoms with E-state index in [4.69, 9.17) is 5.26 Å². The van der Waals surface area contributed by atoms with Gasteiger partial charge in [-0.25, -0.2) is 0 Å². The summed E-state index contributed by atoms with van der Waals surface area (Å²) in [4.78, 5) is 2.12. The summed E-state index contributed by atoms with van der Waals surface area (Å²) >= 11 is 0. The number of nitriles is 1. The molecule has 0 radical (unpaired) electrons. The Morgan fingerprint density at radius 1 is 1.24 bits per heavy atom. The van der Waals surface area contributed by atoms with Gasteiger partial charge in [0, 0.05) is 13.6 Å². The van der Waals surface area contributed by atoms with Gasteiger partial charge in [-0.3, -0.25) is 0 Å². The van der Waals surface area contributed by atoms with Crippen molar-refractivity contribution in [3.63, 3.8) is 0 Å². The second-order valence-electron chi connectivity index (χ2n) is 4.03. The van der Waals surface area contributed by atoms with Gasteiger partial charge in [0.15, 0.2) is 0 Å². The number of likely N-dealkylation sites (N-methyl/N-ethyl adjacent to an activating group) is 1. The maximum Gasteiger partial charge on any atom is 0.0991 e. The lowest BCUT2D eigenvalue weighted by molar-refractivity contribution is 0.503. The van der Waals surface area contributed by atoms with Crippen LogP contribution in [-0.4, -0.2) is 18.5 Å². The number of hydrogen-bond donors (Lipinski definition) is 0. The van der Waals surface area contributed by atoms with E-state index >= 15 is 0 Å². The van der Waals surface area contributed by atoms with Gasteiger partial charge in [0.25, 0.3) is 0 Å². The average molecular weight is 222 g/mol. The van der Waals surface area contributed by atoms with Crippen molar-refractivity contribution in [3.8, 4) is 6.07 Å². The third-order valence-corrected chi connectivity index (χ3v) is 2.64. The summed E-state index contributed by atoms with van der Waals surface area (Å²) in [6, 6.07) is 9.68. The van der Waals surface area contributed by atoms with Gasteiger partial charge >= 0.3 is 0 Å². The van der Waals surface area contributed by atoms with Crippen molar-refractivity contribution < 1.29 is 0 Å². The molecule has 17 heavy (non-hydrogen) atoms. The molecule has 0 aliphatic carbocycles. The van der Waals surface area contributed by atoms with Crippen LogP contribution in [0.5, 0.6) is 0 Å². The predicted molar refractivity (Wildman–Crippen MR) is 70.0 cm³/mol. The Balaban J connectivity index is 2.06. The van der Waals surface area contributed by atoms with E-state index in [1.165, 1.54) is 5.57 Å². The fraction of sp³-hybridized carbons (Fsp3) is 0.133. The van der Waals surface area contributed by atoms with E-state index in [2.05, 4.69) is 41.5 Å². The van der Waals surface area contributed by atoms with E-state index in [0.717, 1.165) is 12.1 Å². The van der Waals surface area contributed by atoms with Crippen LogP contribution in [0.25, 0.3) is 6.08 Å². The zero-order chi connectivity index (χ0) is 12.1. The van der Waals surface area contributed by atoms with Crippen LogP contribution < -0.4 is 0 Å². The normalized spacial score (nSPS) is 14.8. The number of rotatable bonds is 2. The largest absolute Gasteiger partial charge is 0.377 e. The highest BCUT2D eigenvalue weighted by Crippen LogP contribution is 2.11. The molecule has 0 unspecified atom stereocenters. The standard InChI is InChI=1S/C15H14N2/c1-17-10-8-14(9-11-17)3-2-13-4-6-15(12-16)7-5-13/h2-10H,11H2,1H3. The van der Waals surface area contributed by atoms with Crippen LogP contribution in [0.3, 0.4) is 0 Å². The highest BCUT2D eigenvalue weighted by Gasteiger charge is 1.96. The quantitative estimate of drug-likeness (QED) is 0.769. The molecule has 0 spiro atoms. The average Bonchev–Trinajstić information content (AvgIpc) is 2.39. The number of allylic oxidation sites excluding steroid dienone is 3. The van der Waals surface area contributed by atoms with Gasteiger partial charge < -0.3 is 4.90 Å². The summed E-state index contributed by atoms with van der Waals surface area (Å²) in [6.45, 7) is 0.948. The topological polar surface area (TPSA) is 27.0 Å². The van der Waals surface area contributed by atoms with Crippen molar-refractivity contribution in [2.45, 2.75) is 0 Å². The molecule has 0 atom stereocenters. The van der Waals surface area contributed by atoms with Crippen LogP contribution in [0, 0.1) is 11.3 Å². The molecule has 0 saturated carbocycles. The zero-order valence-corrected chi connectivity index (χ0v) is 9.80. The summed E-state index contributed by atoms with van der Waals surface area (Å²) in [5.74, 6) is 0. The minimum atomic E-state index is 0.695. The monoisotopic (exact) mass is 222 g/mol. The highest BCUT2D eigenvalue weighted by molar-refractivity contribution is 5.56. The van der Waals surface area contributed by atoms with Gasteiger partial charge in [-0.05, 0) is 35.5 Å². The molecule has 0 bridgehead atoms. The van der Waals surface area contributed by atoms with Gasteiger partial charge in [0.1, 0.15) is 0 Å². The van der Waals surface area contributed by atoms with Crippen molar-refractivity contribution >= 4 is 6.08 Å². The first-order valence-electron chi connectivity index (χ1n) is 5.55. The molecule has 2 nitrogen and oxygen atoms in total. The van der Waals surface area contributed by atoms with Crippen molar-refractivity contribution in [3.05, 3.63) is 65.4 Å². The maximum absolute atomic E-state index is 8.70. The van der Waals surface area contributed by atoms with Crippen LogP contribution in [-0.2, 0) is 0 Å². The van der Waals surface area contributed by atoms with Gasteiger partial charge in [-0.1, -0.05) is 30.4 Å². The lowest BCUT2D eigenvalue weighted by Gasteiger charge is -2.15. The molecule has 2 rings (SSSR count). The Hall–Kier alpha value is -2.27. The summed E-state index contributed by atoms with van der Waals surface area (Å²) < 4.78 is 0. The summed E-state index contributed by atoms with van der Waals surface area (Å²) in [6.07, 6.45) is 10.5. The molecule has 2 heteroatoms. The zero-order valence-electron chi connectivity index (χ0n) is 9.80. The molecule has 0 saturated heterocycles. The highest BCUT2D eigenvalue weighted by atomic mass is 15.1. The first-order chi connectivity index (χ1) is 8.28. The van der Waals surface area contributed by atoms with E-state index in [1.807, 2.05) is 31.3 Å². The molecule has 0 amide bonds. The van der Waals surface area contributed by atoms with Crippen molar-refractivity contribution in [2.75, 3.05) is 13.6 Å². The van der Waals surface area contributed by atoms with E-state index in [0.29, 0.717) is 5.56 Å². The van der Waals surface area contributed by atoms with Gasteiger partial charge in [0.2, 0.25) is 0 Å². The first-order valence-corrected chi connectivity index (χ1v) is 5.55. The minimum Gasteiger partial charge on any atom is -0.377 e. The smallest absolute Gasteiger partial charge is 0.0991 e. The Bertz CT molecular complexity index is 513. The molecule has 1 aliphatic heterocycles. The Labute approximate surface area is 102 Å². The summed E-state index contributed by atoms with van der Waals surface area (Å²) in [5.41, 5.74) is 3.02. The second-order valence-corrected chi connectivity index (χ2v) is 4.03. The van der Waals surface area contributed by atoms with E-state index in [-0.39, 0.29) is 0 Å². The Morgan fingerprint density at radius 2 is 2.00 bits per heavy atom. The lowest BCUT2D eigenvalue weighted by Crippen LogP contribution is -2.12. The van der Waals surface area contributed by atoms with E-state index < -0.39 is 0 Å². The predicted octanol–water partition coefficient (Wildman–Crippen LogP) is 2.96. The van der Waals surface area contributed by atoms with Crippen molar-refractivity contribution in [2.24, 2.45) is 0 Å². The number of benzene rings is 1. The molecule has 0 fully saturated rings. The molecule has 1 aliphatic rings.